The highest BCUT2D eigenvalue weighted by Gasteiger charge is 2.10. The molecule has 0 fully saturated rings. The monoisotopic (exact) mass is 127 g/mol. The van der Waals surface area contributed by atoms with Crippen molar-refractivity contribution in [2.75, 3.05) is 7.11 Å². The molecule has 0 unspecified atom stereocenters. The third-order valence-electron chi connectivity index (χ3n) is 0.842. The topological polar surface area (TPSA) is 52.3 Å². The van der Waals surface area contributed by atoms with E-state index in [0.717, 1.165) is 0 Å². The smallest absolute Gasteiger partial charge is 0.323 e. The third kappa shape index (κ3) is 2.73. The molecule has 3 heteroatoms. The minimum absolute atomic E-state index is 0.229. The van der Waals surface area contributed by atoms with Crippen molar-refractivity contribution in [1.82, 2.24) is 0 Å². The van der Waals surface area contributed by atoms with Crippen molar-refractivity contribution in [3.8, 4) is 12.3 Å². The van der Waals surface area contributed by atoms with E-state index in [9.17, 15) is 4.79 Å². The molecule has 2 N–H and O–H groups in total. The van der Waals surface area contributed by atoms with Crippen LogP contribution in [0.15, 0.2) is 0 Å². The number of hydrogen-bond donors (Lipinski definition) is 1. The van der Waals surface area contributed by atoms with E-state index in [0.29, 0.717) is 0 Å². The summed E-state index contributed by atoms with van der Waals surface area (Å²) in [5.74, 6) is 1.79. The number of terminal acetylenes is 1. The third-order valence-corrected chi connectivity index (χ3v) is 0.842. The molecular formula is C6H9NO2. The van der Waals surface area contributed by atoms with Crippen molar-refractivity contribution < 1.29 is 9.53 Å². The van der Waals surface area contributed by atoms with E-state index in [1.807, 2.05) is 0 Å². The van der Waals surface area contributed by atoms with Crippen LogP contribution in [-0.4, -0.2) is 19.1 Å². The van der Waals surface area contributed by atoms with Gasteiger partial charge in [0, 0.05) is 6.42 Å². The first-order chi connectivity index (χ1) is 4.22. The summed E-state index contributed by atoms with van der Waals surface area (Å²) < 4.78 is 4.31. The van der Waals surface area contributed by atoms with Crippen molar-refractivity contribution in [3.05, 3.63) is 0 Å². The van der Waals surface area contributed by atoms with Crippen LogP contribution in [0.4, 0.5) is 0 Å². The van der Waals surface area contributed by atoms with E-state index in [-0.39, 0.29) is 6.42 Å². The van der Waals surface area contributed by atoms with Crippen LogP contribution in [-0.2, 0) is 9.53 Å². The Morgan fingerprint density at radius 3 is 2.89 bits per heavy atom. The number of ether oxygens (including phenoxy) is 1. The van der Waals surface area contributed by atoms with Gasteiger partial charge in [-0.2, -0.15) is 0 Å². The highest BCUT2D eigenvalue weighted by Crippen LogP contribution is 1.87. The number of hydrogen-bond acceptors (Lipinski definition) is 3. The number of rotatable bonds is 2. The molecule has 50 valence electrons. The first kappa shape index (κ1) is 7.99. The molecule has 0 rings (SSSR count). The maximum Gasteiger partial charge on any atom is 0.323 e. The average molecular weight is 127 g/mol. The van der Waals surface area contributed by atoms with Gasteiger partial charge in [0.15, 0.2) is 0 Å². The summed E-state index contributed by atoms with van der Waals surface area (Å²) >= 11 is 0. The molecule has 0 aliphatic rings. The summed E-state index contributed by atoms with van der Waals surface area (Å²) in [5, 5.41) is 0. The fourth-order valence-corrected chi connectivity index (χ4v) is 0.362. The van der Waals surface area contributed by atoms with Crippen LogP contribution in [0.3, 0.4) is 0 Å². The molecule has 9 heavy (non-hydrogen) atoms. The van der Waals surface area contributed by atoms with Crippen molar-refractivity contribution in [2.45, 2.75) is 12.5 Å². The van der Waals surface area contributed by atoms with Crippen molar-refractivity contribution in [3.63, 3.8) is 0 Å². The van der Waals surface area contributed by atoms with Gasteiger partial charge >= 0.3 is 5.97 Å². The summed E-state index contributed by atoms with van der Waals surface area (Å²) in [6.45, 7) is 0. The fourth-order valence-electron chi connectivity index (χ4n) is 0.362. The van der Waals surface area contributed by atoms with Gasteiger partial charge in [0.05, 0.1) is 7.11 Å². The normalized spacial score (nSPS) is 11.7. The highest BCUT2D eigenvalue weighted by atomic mass is 16.5. The molecule has 0 radical (unpaired) electrons. The predicted molar refractivity (Wildman–Crippen MR) is 33.4 cm³/mol. The minimum atomic E-state index is -0.667. The molecule has 0 saturated heterocycles. The molecule has 0 aromatic carbocycles. The lowest BCUT2D eigenvalue weighted by Crippen LogP contribution is -2.30. The number of esters is 1. The van der Waals surface area contributed by atoms with Gasteiger partial charge in [-0.15, -0.1) is 12.3 Å². The maximum absolute atomic E-state index is 10.5. The molecular weight excluding hydrogens is 118 g/mol. The van der Waals surface area contributed by atoms with Crippen LogP contribution in [0.1, 0.15) is 6.42 Å². The molecule has 0 amide bonds. The Labute approximate surface area is 54.2 Å². The molecule has 0 aliphatic heterocycles. The highest BCUT2D eigenvalue weighted by molar-refractivity contribution is 5.75. The second kappa shape index (κ2) is 3.93. The second-order valence-electron chi connectivity index (χ2n) is 1.54. The maximum atomic E-state index is 10.5. The Bertz CT molecular complexity index is 136. The zero-order valence-electron chi connectivity index (χ0n) is 5.26. The van der Waals surface area contributed by atoms with Crippen LogP contribution < -0.4 is 5.73 Å². The molecule has 0 aromatic rings. The molecule has 0 spiro atoms. The number of carbonyl (C=O) groups excluding carboxylic acids is 1. The Hall–Kier alpha value is -1.01. The van der Waals surface area contributed by atoms with Gasteiger partial charge in [-0.25, -0.2) is 0 Å². The van der Waals surface area contributed by atoms with Crippen molar-refractivity contribution in [1.29, 1.82) is 0 Å². The van der Waals surface area contributed by atoms with E-state index in [1.54, 1.807) is 0 Å². The number of carbonyl (C=O) groups is 1. The van der Waals surface area contributed by atoms with Crippen molar-refractivity contribution in [2.24, 2.45) is 5.73 Å². The molecule has 0 saturated carbocycles. The van der Waals surface area contributed by atoms with Gasteiger partial charge in [-0.1, -0.05) is 0 Å². The Kier molecular flexibility index (Phi) is 3.49. The van der Waals surface area contributed by atoms with E-state index >= 15 is 0 Å². The van der Waals surface area contributed by atoms with Crippen LogP contribution in [0, 0.1) is 12.3 Å². The number of methoxy groups -OCH3 is 1. The minimum Gasteiger partial charge on any atom is -0.468 e. The van der Waals surface area contributed by atoms with E-state index in [1.165, 1.54) is 7.11 Å². The Morgan fingerprint density at radius 1 is 2.00 bits per heavy atom. The zero-order valence-corrected chi connectivity index (χ0v) is 5.26. The molecule has 0 bridgehead atoms. The van der Waals surface area contributed by atoms with Gasteiger partial charge < -0.3 is 10.5 Å². The largest absolute Gasteiger partial charge is 0.468 e. The standard InChI is InChI=1S/C6H9NO2/c1-3-4-5(7)6(8)9-2/h1,5H,4,7H2,2H3/t5-/m1/s1. The van der Waals surface area contributed by atoms with Gasteiger partial charge in [0.25, 0.3) is 0 Å². The van der Waals surface area contributed by atoms with Crippen molar-refractivity contribution >= 4 is 5.97 Å². The lowest BCUT2D eigenvalue weighted by Gasteiger charge is -2.02. The molecule has 0 aromatic heterocycles. The van der Waals surface area contributed by atoms with Crippen LogP contribution in [0.25, 0.3) is 0 Å². The predicted octanol–water partition coefficient (Wildman–Crippen LogP) is -0.490. The van der Waals surface area contributed by atoms with Gasteiger partial charge in [-0.3, -0.25) is 4.79 Å². The summed E-state index contributed by atoms with van der Waals surface area (Å²) in [4.78, 5) is 10.5. The van der Waals surface area contributed by atoms with Gasteiger partial charge in [-0.05, 0) is 0 Å². The van der Waals surface area contributed by atoms with Gasteiger partial charge in [0.2, 0.25) is 0 Å². The second-order valence-corrected chi connectivity index (χ2v) is 1.54. The SMILES string of the molecule is C#CC[C@@H](N)C(=O)OC. The fraction of sp³-hybridized carbons (Fsp3) is 0.500. The Morgan fingerprint density at radius 2 is 2.56 bits per heavy atom. The Balaban J connectivity index is 3.62. The lowest BCUT2D eigenvalue weighted by atomic mass is 10.2. The summed E-state index contributed by atoms with van der Waals surface area (Å²) in [5.41, 5.74) is 5.22. The van der Waals surface area contributed by atoms with E-state index in [4.69, 9.17) is 12.2 Å². The molecule has 3 nitrogen and oxygen atoms in total. The number of nitrogens with two attached hydrogens (primary N) is 1. The summed E-state index contributed by atoms with van der Waals surface area (Å²) in [6.07, 6.45) is 5.11. The molecule has 0 heterocycles. The summed E-state index contributed by atoms with van der Waals surface area (Å²) in [6, 6.07) is -0.667. The quantitative estimate of drug-likeness (QED) is 0.402. The first-order valence-corrected chi connectivity index (χ1v) is 2.49. The van der Waals surface area contributed by atoms with Crippen LogP contribution >= 0.6 is 0 Å². The summed E-state index contributed by atoms with van der Waals surface area (Å²) in [7, 11) is 1.28. The molecule has 1 atom stereocenters. The zero-order chi connectivity index (χ0) is 7.28. The van der Waals surface area contributed by atoms with E-state index < -0.39 is 12.0 Å². The lowest BCUT2D eigenvalue weighted by molar-refractivity contribution is -0.142. The average Bonchev–Trinajstić information content (AvgIpc) is 1.87. The van der Waals surface area contributed by atoms with Crippen LogP contribution in [0.5, 0.6) is 0 Å². The molecule has 0 aliphatic carbocycles. The van der Waals surface area contributed by atoms with Crippen LogP contribution in [0.2, 0.25) is 0 Å². The first-order valence-electron chi connectivity index (χ1n) is 2.49. The van der Waals surface area contributed by atoms with Gasteiger partial charge in [0.1, 0.15) is 6.04 Å². The van der Waals surface area contributed by atoms with E-state index in [2.05, 4.69) is 10.7 Å².